The van der Waals surface area contributed by atoms with E-state index in [-0.39, 0.29) is 0 Å². The van der Waals surface area contributed by atoms with Gasteiger partial charge in [0.15, 0.2) is 0 Å². The van der Waals surface area contributed by atoms with Crippen LogP contribution in [-0.4, -0.2) is 5.11 Å². The topological polar surface area (TPSA) is 44.0 Å². The molecular weight excluding hydrogens is 246 g/mol. The molecule has 3 rings (SSSR count). The number of aliphatic hydroxyl groups is 1. The summed E-state index contributed by atoms with van der Waals surface area (Å²) in [5.74, 6) is 1.54. The van der Waals surface area contributed by atoms with Crippen LogP contribution in [0.2, 0.25) is 0 Å². The van der Waals surface area contributed by atoms with Crippen LogP contribution in [0.3, 0.4) is 0 Å². The Kier molecular flexibility index (Phi) is 3.34. The van der Waals surface area contributed by atoms with Crippen molar-refractivity contribution in [2.45, 2.75) is 51.6 Å². The highest BCUT2D eigenvalue weighted by atomic mass is 16.3. The molecule has 0 heterocycles. The maximum absolute atomic E-state index is 10.8. The van der Waals surface area contributed by atoms with Crippen molar-refractivity contribution in [1.82, 2.24) is 0 Å². The van der Waals surface area contributed by atoms with E-state index in [0.717, 1.165) is 24.8 Å². The lowest BCUT2D eigenvalue weighted by molar-refractivity contribution is 0.0233. The Morgan fingerprint density at radius 2 is 1.85 bits per heavy atom. The van der Waals surface area contributed by atoms with E-state index in [1.807, 2.05) is 12.1 Å². The van der Waals surface area contributed by atoms with Crippen LogP contribution >= 0.6 is 0 Å². The number of hydrogen-bond acceptors (Lipinski definition) is 2. The van der Waals surface area contributed by atoms with Gasteiger partial charge in [0.25, 0.3) is 0 Å². The Labute approximate surface area is 121 Å². The van der Waals surface area contributed by atoms with Crippen LogP contribution in [0.25, 0.3) is 0 Å². The number of aliphatic hydroxyl groups excluding tert-OH is 1. The van der Waals surface area contributed by atoms with E-state index in [9.17, 15) is 10.4 Å². The van der Waals surface area contributed by atoms with Gasteiger partial charge >= 0.3 is 0 Å². The van der Waals surface area contributed by atoms with Gasteiger partial charge in [-0.3, -0.25) is 0 Å². The normalized spacial score (nSPS) is 33.4. The zero-order valence-electron chi connectivity index (χ0n) is 12.3. The van der Waals surface area contributed by atoms with Crippen molar-refractivity contribution in [1.29, 1.82) is 5.26 Å². The number of nitriles is 1. The minimum Gasteiger partial charge on any atom is -0.387 e. The first-order valence-corrected chi connectivity index (χ1v) is 7.76. The third kappa shape index (κ3) is 1.96. The van der Waals surface area contributed by atoms with Gasteiger partial charge in [-0.1, -0.05) is 44.5 Å². The maximum atomic E-state index is 10.8. The third-order valence-electron chi connectivity index (χ3n) is 5.51. The van der Waals surface area contributed by atoms with Crippen LogP contribution in [0.4, 0.5) is 0 Å². The molecule has 0 aromatic heterocycles. The minimum atomic E-state index is -0.635. The van der Waals surface area contributed by atoms with Crippen LogP contribution in [-0.2, 0) is 0 Å². The summed E-state index contributed by atoms with van der Waals surface area (Å²) < 4.78 is 0. The van der Waals surface area contributed by atoms with Crippen molar-refractivity contribution < 1.29 is 5.11 Å². The number of fused-ring (bicyclic) bond motifs is 2. The fraction of sp³-hybridized carbons (Fsp3) is 0.611. The quantitative estimate of drug-likeness (QED) is 0.894. The van der Waals surface area contributed by atoms with Gasteiger partial charge in [0.1, 0.15) is 0 Å². The highest BCUT2D eigenvalue weighted by Crippen LogP contribution is 2.60. The molecule has 1 aromatic rings. The lowest BCUT2D eigenvalue weighted by Gasteiger charge is -2.35. The molecule has 1 aromatic carbocycles. The van der Waals surface area contributed by atoms with Gasteiger partial charge in [-0.2, -0.15) is 5.26 Å². The van der Waals surface area contributed by atoms with E-state index >= 15 is 0 Å². The molecule has 2 aliphatic rings. The van der Waals surface area contributed by atoms with Crippen molar-refractivity contribution >= 4 is 0 Å². The molecule has 0 spiro atoms. The van der Waals surface area contributed by atoms with Gasteiger partial charge in [0, 0.05) is 0 Å². The molecule has 106 valence electrons. The van der Waals surface area contributed by atoms with Gasteiger partial charge < -0.3 is 5.11 Å². The van der Waals surface area contributed by atoms with Crippen LogP contribution in [0.15, 0.2) is 24.3 Å². The summed E-state index contributed by atoms with van der Waals surface area (Å²) in [4.78, 5) is 0. The smallest absolute Gasteiger partial charge is 0.0979 e. The Morgan fingerprint density at radius 3 is 2.30 bits per heavy atom. The molecule has 4 atom stereocenters. The average Bonchev–Trinajstić information content (AvgIpc) is 3.07. The summed E-state index contributed by atoms with van der Waals surface area (Å²) in [6.45, 7) is 4.33. The average molecular weight is 269 g/mol. The summed E-state index contributed by atoms with van der Waals surface area (Å²) >= 11 is 0. The van der Waals surface area contributed by atoms with Crippen molar-refractivity contribution in [3.05, 3.63) is 35.4 Å². The molecule has 2 aliphatic carbocycles. The zero-order chi connectivity index (χ0) is 14.3. The van der Waals surface area contributed by atoms with Gasteiger partial charge in [-0.15, -0.1) is 0 Å². The molecule has 20 heavy (non-hydrogen) atoms. The lowest BCUT2D eigenvalue weighted by Crippen LogP contribution is -2.33. The summed E-state index contributed by atoms with van der Waals surface area (Å²) in [6.07, 6.45) is 3.73. The second-order valence-electron chi connectivity index (χ2n) is 6.96. The SMILES string of the molecule is CC(C)c1ccc(C(O)C2(C#N)CC3CCC2C3)cc1. The van der Waals surface area contributed by atoms with Crippen LogP contribution in [0.1, 0.15) is 62.7 Å². The molecule has 0 amide bonds. The number of hydrogen-bond donors (Lipinski definition) is 1. The van der Waals surface area contributed by atoms with Crippen LogP contribution < -0.4 is 0 Å². The first-order chi connectivity index (χ1) is 9.56. The highest BCUT2D eigenvalue weighted by Gasteiger charge is 2.55. The molecule has 4 unspecified atom stereocenters. The van der Waals surface area contributed by atoms with E-state index < -0.39 is 11.5 Å². The second-order valence-corrected chi connectivity index (χ2v) is 6.96. The fourth-order valence-corrected chi connectivity index (χ4v) is 4.27. The molecule has 0 aliphatic heterocycles. The molecule has 0 radical (unpaired) electrons. The molecule has 2 nitrogen and oxygen atoms in total. The maximum Gasteiger partial charge on any atom is 0.0979 e. The molecular formula is C18H23NO. The molecule has 2 fully saturated rings. The number of rotatable bonds is 3. The second kappa shape index (κ2) is 4.90. The van der Waals surface area contributed by atoms with E-state index in [1.54, 1.807) is 0 Å². The van der Waals surface area contributed by atoms with Gasteiger partial charge in [0.2, 0.25) is 0 Å². The van der Waals surface area contributed by atoms with Crippen LogP contribution in [0, 0.1) is 28.6 Å². The highest BCUT2D eigenvalue weighted by molar-refractivity contribution is 5.30. The predicted molar refractivity (Wildman–Crippen MR) is 79.0 cm³/mol. The fourth-order valence-electron chi connectivity index (χ4n) is 4.27. The van der Waals surface area contributed by atoms with E-state index in [0.29, 0.717) is 17.8 Å². The van der Waals surface area contributed by atoms with Crippen molar-refractivity contribution in [2.24, 2.45) is 17.3 Å². The predicted octanol–water partition coefficient (Wildman–Crippen LogP) is 4.17. The van der Waals surface area contributed by atoms with Gasteiger partial charge in [-0.05, 0) is 48.1 Å². The van der Waals surface area contributed by atoms with Crippen LogP contribution in [0.5, 0.6) is 0 Å². The van der Waals surface area contributed by atoms with Crippen molar-refractivity contribution in [3.8, 4) is 6.07 Å². The molecule has 0 saturated heterocycles. The number of nitrogens with zero attached hydrogens (tertiary/aromatic N) is 1. The lowest BCUT2D eigenvalue weighted by atomic mass is 9.68. The Balaban J connectivity index is 1.88. The first-order valence-electron chi connectivity index (χ1n) is 7.76. The van der Waals surface area contributed by atoms with E-state index in [4.69, 9.17) is 0 Å². The molecule has 2 bridgehead atoms. The standard InChI is InChI=1S/C18H23NO/c1-12(2)14-4-6-15(7-5-14)17(20)18(11-19)10-13-3-8-16(18)9-13/h4-7,12-13,16-17,20H,3,8-10H2,1-2H3. The Morgan fingerprint density at radius 1 is 1.20 bits per heavy atom. The largest absolute Gasteiger partial charge is 0.387 e. The summed E-state index contributed by atoms with van der Waals surface area (Å²) in [6, 6.07) is 10.7. The number of benzene rings is 1. The van der Waals surface area contributed by atoms with Gasteiger partial charge in [-0.25, -0.2) is 0 Å². The molecule has 1 N–H and O–H groups in total. The monoisotopic (exact) mass is 269 g/mol. The van der Waals surface area contributed by atoms with Gasteiger partial charge in [0.05, 0.1) is 17.6 Å². The first kappa shape index (κ1) is 13.6. The van der Waals surface area contributed by atoms with E-state index in [2.05, 4.69) is 32.0 Å². The van der Waals surface area contributed by atoms with Crippen molar-refractivity contribution in [3.63, 3.8) is 0 Å². The third-order valence-corrected chi connectivity index (χ3v) is 5.51. The Bertz CT molecular complexity index is 527. The summed E-state index contributed by atoms with van der Waals surface area (Å²) in [5.41, 5.74) is 1.64. The molecule has 2 heteroatoms. The summed E-state index contributed by atoms with van der Waals surface area (Å²) in [5, 5.41) is 20.5. The van der Waals surface area contributed by atoms with Crippen molar-refractivity contribution in [2.75, 3.05) is 0 Å². The zero-order valence-corrected chi connectivity index (χ0v) is 12.3. The minimum absolute atomic E-state index is 0.386. The molecule has 2 saturated carbocycles. The Hall–Kier alpha value is -1.33. The summed E-state index contributed by atoms with van der Waals surface area (Å²) in [7, 11) is 0. The van der Waals surface area contributed by atoms with E-state index in [1.165, 1.54) is 12.0 Å².